The summed E-state index contributed by atoms with van der Waals surface area (Å²) >= 11 is 0. The average Bonchev–Trinajstić information content (AvgIpc) is 2.27. The van der Waals surface area contributed by atoms with Crippen LogP contribution >= 0.6 is 0 Å². The Morgan fingerprint density at radius 3 is 2.38 bits per heavy atom. The van der Waals surface area contributed by atoms with E-state index in [1.807, 2.05) is 0 Å². The number of rotatable bonds is 2. The molecule has 1 aliphatic heterocycles. The van der Waals surface area contributed by atoms with Crippen molar-refractivity contribution >= 4 is 0 Å². The van der Waals surface area contributed by atoms with E-state index in [2.05, 4.69) is 18.7 Å². The average molecular weight is 187 g/mol. The molecule has 1 aliphatic rings. The first kappa shape index (κ1) is 11.0. The van der Waals surface area contributed by atoms with Gasteiger partial charge < -0.3 is 4.90 Å². The van der Waals surface area contributed by atoms with Crippen LogP contribution in [0.5, 0.6) is 0 Å². The third-order valence-electron chi connectivity index (χ3n) is 3.19. The highest BCUT2D eigenvalue weighted by Gasteiger charge is 2.22. The van der Waals surface area contributed by atoms with Gasteiger partial charge in [-0.15, -0.1) is 0 Å². The van der Waals surface area contributed by atoms with Crippen LogP contribution in [-0.2, 0) is 0 Å². The van der Waals surface area contributed by atoms with Crippen molar-refractivity contribution in [2.45, 2.75) is 52.2 Å². The van der Waals surface area contributed by atoms with Crippen molar-refractivity contribution in [1.82, 2.24) is 4.90 Å². The minimum atomic E-state index is -0.618. The second kappa shape index (κ2) is 4.94. The van der Waals surface area contributed by atoms with Crippen LogP contribution in [-0.4, -0.2) is 30.2 Å². The normalized spacial score (nSPS) is 28.8. The Morgan fingerprint density at radius 2 is 1.85 bits per heavy atom. The second-order valence-electron chi connectivity index (χ2n) is 4.50. The van der Waals surface area contributed by atoms with Gasteiger partial charge in [-0.3, -0.25) is 0 Å². The highest BCUT2D eigenvalue weighted by Crippen LogP contribution is 2.23. The SMILES string of the molecule is CC(F)[C@@H]1CCCN(C(C)C)CC1. The van der Waals surface area contributed by atoms with Crippen molar-refractivity contribution in [3.8, 4) is 0 Å². The zero-order valence-electron chi connectivity index (χ0n) is 9.09. The summed E-state index contributed by atoms with van der Waals surface area (Å²) in [6.07, 6.45) is 2.65. The predicted octanol–water partition coefficient (Wildman–Crippen LogP) is 2.85. The van der Waals surface area contributed by atoms with Gasteiger partial charge in [-0.05, 0) is 59.0 Å². The van der Waals surface area contributed by atoms with E-state index < -0.39 is 6.17 Å². The van der Waals surface area contributed by atoms with Gasteiger partial charge >= 0.3 is 0 Å². The van der Waals surface area contributed by atoms with Gasteiger partial charge in [0.2, 0.25) is 0 Å². The molecule has 1 unspecified atom stereocenters. The number of nitrogens with zero attached hydrogens (tertiary/aromatic N) is 1. The lowest BCUT2D eigenvalue weighted by atomic mass is 9.96. The molecule has 0 radical (unpaired) electrons. The summed E-state index contributed by atoms with van der Waals surface area (Å²) < 4.78 is 13.1. The van der Waals surface area contributed by atoms with E-state index in [9.17, 15) is 4.39 Å². The standard InChI is InChI=1S/C11H22FN/c1-9(2)13-7-4-5-11(6-8-13)10(3)12/h9-11H,4-8H2,1-3H3/t10?,11-/m1/s1. The van der Waals surface area contributed by atoms with E-state index in [0.29, 0.717) is 12.0 Å². The molecule has 13 heavy (non-hydrogen) atoms. The highest BCUT2D eigenvalue weighted by atomic mass is 19.1. The molecule has 1 nitrogen and oxygen atoms in total. The monoisotopic (exact) mass is 187 g/mol. The smallest absolute Gasteiger partial charge is 0.100 e. The minimum absolute atomic E-state index is 0.309. The van der Waals surface area contributed by atoms with Crippen LogP contribution in [0.2, 0.25) is 0 Å². The molecular weight excluding hydrogens is 165 g/mol. The lowest BCUT2D eigenvalue weighted by Crippen LogP contribution is -2.31. The summed E-state index contributed by atoms with van der Waals surface area (Å²) in [4.78, 5) is 2.46. The lowest BCUT2D eigenvalue weighted by Gasteiger charge is -2.24. The van der Waals surface area contributed by atoms with E-state index >= 15 is 0 Å². The summed E-state index contributed by atoms with van der Waals surface area (Å²) in [5.74, 6) is 0.309. The summed E-state index contributed by atoms with van der Waals surface area (Å²) in [5, 5.41) is 0. The molecule has 0 aromatic carbocycles. The predicted molar refractivity (Wildman–Crippen MR) is 54.6 cm³/mol. The molecule has 78 valence electrons. The molecule has 1 saturated heterocycles. The van der Waals surface area contributed by atoms with E-state index in [1.54, 1.807) is 6.92 Å². The molecule has 1 heterocycles. The molecule has 0 amide bonds. The van der Waals surface area contributed by atoms with E-state index in [4.69, 9.17) is 0 Å². The third-order valence-corrected chi connectivity index (χ3v) is 3.19. The molecule has 2 atom stereocenters. The van der Waals surface area contributed by atoms with Crippen molar-refractivity contribution in [2.75, 3.05) is 13.1 Å². The Bertz CT molecular complexity index is 129. The highest BCUT2D eigenvalue weighted by molar-refractivity contribution is 4.74. The van der Waals surface area contributed by atoms with E-state index in [1.165, 1.54) is 0 Å². The first-order valence-corrected chi connectivity index (χ1v) is 5.49. The van der Waals surface area contributed by atoms with Gasteiger partial charge in [0.15, 0.2) is 0 Å². The first-order valence-electron chi connectivity index (χ1n) is 5.49. The fraction of sp³-hybridized carbons (Fsp3) is 1.00. The largest absolute Gasteiger partial charge is 0.301 e. The van der Waals surface area contributed by atoms with Gasteiger partial charge in [-0.1, -0.05) is 0 Å². The molecule has 0 aromatic rings. The maximum absolute atomic E-state index is 13.1. The van der Waals surface area contributed by atoms with Crippen molar-refractivity contribution in [3.63, 3.8) is 0 Å². The number of halogens is 1. The van der Waals surface area contributed by atoms with Gasteiger partial charge in [0.05, 0.1) is 0 Å². The van der Waals surface area contributed by atoms with Crippen LogP contribution in [0.4, 0.5) is 4.39 Å². The van der Waals surface area contributed by atoms with E-state index in [-0.39, 0.29) is 0 Å². The van der Waals surface area contributed by atoms with Gasteiger partial charge in [0.1, 0.15) is 6.17 Å². The molecule has 0 saturated carbocycles. The van der Waals surface area contributed by atoms with Gasteiger partial charge in [-0.25, -0.2) is 4.39 Å². The first-order chi connectivity index (χ1) is 6.11. The maximum Gasteiger partial charge on any atom is 0.100 e. The van der Waals surface area contributed by atoms with Crippen molar-refractivity contribution in [3.05, 3.63) is 0 Å². The second-order valence-corrected chi connectivity index (χ2v) is 4.50. The molecule has 0 bridgehead atoms. The molecule has 1 rings (SSSR count). The van der Waals surface area contributed by atoms with Crippen LogP contribution in [0.3, 0.4) is 0 Å². The van der Waals surface area contributed by atoms with Crippen LogP contribution in [0.25, 0.3) is 0 Å². The summed E-state index contributed by atoms with van der Waals surface area (Å²) in [7, 11) is 0. The zero-order valence-corrected chi connectivity index (χ0v) is 9.09. The van der Waals surface area contributed by atoms with Gasteiger partial charge in [-0.2, -0.15) is 0 Å². The number of hydrogen-bond donors (Lipinski definition) is 0. The number of hydrogen-bond acceptors (Lipinski definition) is 1. The molecule has 2 heteroatoms. The Balaban J connectivity index is 2.39. The molecule has 1 fully saturated rings. The summed E-state index contributed by atoms with van der Waals surface area (Å²) in [6.45, 7) is 8.38. The van der Waals surface area contributed by atoms with Gasteiger partial charge in [0, 0.05) is 6.04 Å². The van der Waals surface area contributed by atoms with Crippen LogP contribution in [0.15, 0.2) is 0 Å². The number of alkyl halides is 1. The maximum atomic E-state index is 13.1. The Kier molecular flexibility index (Phi) is 4.17. The van der Waals surface area contributed by atoms with Crippen LogP contribution in [0.1, 0.15) is 40.0 Å². The third kappa shape index (κ3) is 3.26. The summed E-state index contributed by atoms with van der Waals surface area (Å²) in [5.41, 5.74) is 0. The molecular formula is C11H22FN. The molecule has 0 aromatic heterocycles. The summed E-state index contributed by atoms with van der Waals surface area (Å²) in [6, 6.07) is 0.619. The lowest BCUT2D eigenvalue weighted by molar-refractivity contribution is 0.205. The Hall–Kier alpha value is -0.110. The van der Waals surface area contributed by atoms with Crippen LogP contribution in [0, 0.1) is 5.92 Å². The van der Waals surface area contributed by atoms with E-state index in [0.717, 1.165) is 32.4 Å². The Morgan fingerprint density at radius 1 is 1.15 bits per heavy atom. The molecule has 0 aliphatic carbocycles. The topological polar surface area (TPSA) is 3.24 Å². The quantitative estimate of drug-likeness (QED) is 0.642. The van der Waals surface area contributed by atoms with Crippen molar-refractivity contribution in [1.29, 1.82) is 0 Å². The number of likely N-dealkylation sites (tertiary alicyclic amines) is 1. The fourth-order valence-corrected chi connectivity index (χ4v) is 2.12. The Labute approximate surface area is 81.3 Å². The molecule has 0 N–H and O–H groups in total. The van der Waals surface area contributed by atoms with Crippen molar-refractivity contribution < 1.29 is 4.39 Å². The minimum Gasteiger partial charge on any atom is -0.301 e. The zero-order chi connectivity index (χ0) is 9.84. The fourth-order valence-electron chi connectivity index (χ4n) is 2.12. The molecule has 0 spiro atoms. The van der Waals surface area contributed by atoms with Crippen molar-refractivity contribution in [2.24, 2.45) is 5.92 Å². The van der Waals surface area contributed by atoms with Crippen LogP contribution < -0.4 is 0 Å². The van der Waals surface area contributed by atoms with Gasteiger partial charge in [0.25, 0.3) is 0 Å².